The van der Waals surface area contributed by atoms with Gasteiger partial charge in [0.1, 0.15) is 11.5 Å². The number of nitrogens with one attached hydrogen (secondary N) is 2. The van der Waals surface area contributed by atoms with Crippen LogP contribution in [0.3, 0.4) is 0 Å². The first kappa shape index (κ1) is 22.8. The van der Waals surface area contributed by atoms with Gasteiger partial charge in [-0.3, -0.25) is 9.59 Å². The van der Waals surface area contributed by atoms with E-state index in [0.29, 0.717) is 11.5 Å². The smallest absolute Gasteiger partial charge is 0.258 e. The average molecular weight is 431 g/mol. The molecule has 0 atom stereocenters. The molecule has 6 nitrogen and oxygen atoms in total. The summed E-state index contributed by atoms with van der Waals surface area (Å²) in [5, 5.41) is 5.99. The molecule has 1 aliphatic carbocycles. The first-order chi connectivity index (χ1) is 15.6. The number of rotatable bonds is 8. The summed E-state index contributed by atoms with van der Waals surface area (Å²) in [5.74, 6) is 5.93. The number of benzene rings is 2. The van der Waals surface area contributed by atoms with E-state index in [1.165, 1.54) is 0 Å². The lowest BCUT2D eigenvalue weighted by atomic mass is 9.91. The van der Waals surface area contributed by atoms with Crippen molar-refractivity contribution in [3.8, 4) is 36.2 Å². The summed E-state index contributed by atoms with van der Waals surface area (Å²) in [5.41, 5.74) is 1.52. The summed E-state index contributed by atoms with van der Waals surface area (Å²) in [7, 11) is 0. The molecule has 2 aromatic rings. The zero-order valence-electron chi connectivity index (χ0n) is 17.8. The summed E-state index contributed by atoms with van der Waals surface area (Å²) in [4.78, 5) is 24.3. The molecule has 2 amide bonds. The fourth-order valence-corrected chi connectivity index (χ4v) is 3.51. The fraction of sp³-hybridized carbons (Fsp3) is 0.308. The maximum absolute atomic E-state index is 12.2. The van der Waals surface area contributed by atoms with Gasteiger partial charge in [0.05, 0.1) is 0 Å². The maximum atomic E-state index is 12.2. The van der Waals surface area contributed by atoms with E-state index in [9.17, 15) is 9.59 Å². The van der Waals surface area contributed by atoms with Crippen LogP contribution in [0.4, 0.5) is 0 Å². The van der Waals surface area contributed by atoms with E-state index in [2.05, 4.69) is 22.5 Å². The quantitative estimate of drug-likeness (QED) is 0.632. The molecule has 0 aliphatic heterocycles. The topological polar surface area (TPSA) is 76.7 Å². The molecule has 0 aromatic heterocycles. The van der Waals surface area contributed by atoms with Gasteiger partial charge in [0.15, 0.2) is 13.2 Å². The van der Waals surface area contributed by atoms with Gasteiger partial charge in [-0.25, -0.2) is 0 Å². The molecule has 2 aromatic carbocycles. The Hall–Kier alpha value is -3.90. The van der Waals surface area contributed by atoms with E-state index >= 15 is 0 Å². The van der Waals surface area contributed by atoms with E-state index in [0.717, 1.165) is 36.8 Å². The number of carbonyl (C=O) groups excluding carboxylic acids is 2. The van der Waals surface area contributed by atoms with E-state index in [4.69, 9.17) is 22.3 Å². The van der Waals surface area contributed by atoms with Crippen LogP contribution in [0.5, 0.6) is 11.5 Å². The molecule has 2 N–H and O–H groups in total. The van der Waals surface area contributed by atoms with Gasteiger partial charge in [0.25, 0.3) is 11.8 Å². The number of terminal acetylenes is 2. The molecule has 0 saturated heterocycles. The van der Waals surface area contributed by atoms with Gasteiger partial charge in [0.2, 0.25) is 0 Å². The van der Waals surface area contributed by atoms with Gasteiger partial charge in [-0.05, 0) is 74.2 Å². The van der Waals surface area contributed by atoms with Crippen molar-refractivity contribution in [2.45, 2.75) is 37.8 Å². The predicted octanol–water partition coefficient (Wildman–Crippen LogP) is 2.65. The third-order valence-corrected chi connectivity index (χ3v) is 5.24. The molecular weight excluding hydrogens is 404 g/mol. The van der Waals surface area contributed by atoms with Crippen molar-refractivity contribution in [3.05, 3.63) is 59.7 Å². The molecule has 1 saturated carbocycles. The number of carbonyl (C=O) groups is 2. The first-order valence-electron chi connectivity index (χ1n) is 10.5. The van der Waals surface area contributed by atoms with E-state index in [1.54, 1.807) is 48.5 Å². The minimum absolute atomic E-state index is 0.0499. The lowest BCUT2D eigenvalue weighted by molar-refractivity contribution is -0.125. The molecule has 1 fully saturated rings. The van der Waals surface area contributed by atoms with Crippen molar-refractivity contribution < 1.29 is 19.1 Å². The van der Waals surface area contributed by atoms with E-state index in [-0.39, 0.29) is 37.1 Å². The number of amides is 2. The third-order valence-electron chi connectivity index (χ3n) is 5.24. The number of ether oxygens (including phenoxy) is 2. The first-order valence-corrected chi connectivity index (χ1v) is 10.5. The van der Waals surface area contributed by atoms with Crippen LogP contribution in [-0.4, -0.2) is 37.1 Å². The van der Waals surface area contributed by atoms with E-state index in [1.807, 2.05) is 0 Å². The van der Waals surface area contributed by atoms with Crippen LogP contribution in [-0.2, 0) is 9.59 Å². The molecule has 0 spiro atoms. The lowest BCUT2D eigenvalue weighted by Crippen LogP contribution is -2.45. The van der Waals surface area contributed by atoms with Crippen LogP contribution in [0.1, 0.15) is 36.8 Å². The Morgan fingerprint density at radius 1 is 0.719 bits per heavy atom. The van der Waals surface area contributed by atoms with Crippen molar-refractivity contribution in [1.29, 1.82) is 0 Å². The monoisotopic (exact) mass is 430 g/mol. The maximum Gasteiger partial charge on any atom is 0.258 e. The molecule has 3 rings (SSSR count). The highest BCUT2D eigenvalue weighted by Gasteiger charge is 2.23. The SMILES string of the molecule is C#Cc1ccc(OCC(=O)N[C@H]2CC[C@H](NC(=O)COc3ccc(C#C)cc3)CC2)cc1. The number of hydrogen-bond donors (Lipinski definition) is 2. The summed E-state index contributed by atoms with van der Waals surface area (Å²) in [6.07, 6.45) is 13.8. The molecule has 0 bridgehead atoms. The second-order valence-corrected chi connectivity index (χ2v) is 7.60. The van der Waals surface area contributed by atoms with Crippen molar-refractivity contribution >= 4 is 11.8 Å². The van der Waals surface area contributed by atoms with Crippen LogP contribution >= 0.6 is 0 Å². The Balaban J connectivity index is 1.31. The lowest BCUT2D eigenvalue weighted by Gasteiger charge is -2.29. The van der Waals surface area contributed by atoms with Crippen LogP contribution in [0.2, 0.25) is 0 Å². The van der Waals surface area contributed by atoms with Crippen LogP contribution in [0.15, 0.2) is 48.5 Å². The van der Waals surface area contributed by atoms with Crippen molar-refractivity contribution in [2.75, 3.05) is 13.2 Å². The predicted molar refractivity (Wildman–Crippen MR) is 122 cm³/mol. The molecule has 0 radical (unpaired) electrons. The van der Waals surface area contributed by atoms with Crippen LogP contribution in [0.25, 0.3) is 0 Å². The zero-order valence-corrected chi connectivity index (χ0v) is 17.8. The Bertz CT molecular complexity index is 909. The standard InChI is InChI=1S/C26H26N2O4/c1-3-19-5-13-23(14-6-19)31-17-25(29)27-21-9-11-22(12-10-21)28-26(30)18-32-24-15-7-20(4-2)8-16-24/h1-2,5-8,13-16,21-22H,9-12,17-18H2,(H,27,29)(H,28,30)/t21-,22-. The van der Waals surface area contributed by atoms with Gasteiger partial charge >= 0.3 is 0 Å². The largest absolute Gasteiger partial charge is 0.484 e. The summed E-state index contributed by atoms with van der Waals surface area (Å²) in [6.45, 7) is -0.0998. The fourth-order valence-electron chi connectivity index (χ4n) is 3.51. The second kappa shape index (κ2) is 11.5. The molecular formula is C26H26N2O4. The zero-order chi connectivity index (χ0) is 22.8. The van der Waals surface area contributed by atoms with Crippen molar-refractivity contribution in [1.82, 2.24) is 10.6 Å². The van der Waals surface area contributed by atoms with Crippen LogP contribution < -0.4 is 20.1 Å². The van der Waals surface area contributed by atoms with Crippen molar-refractivity contribution in [2.24, 2.45) is 0 Å². The highest BCUT2D eigenvalue weighted by Crippen LogP contribution is 2.19. The molecule has 164 valence electrons. The van der Waals surface area contributed by atoms with Gasteiger partial charge in [-0.1, -0.05) is 11.8 Å². The highest BCUT2D eigenvalue weighted by atomic mass is 16.5. The third kappa shape index (κ3) is 7.11. The van der Waals surface area contributed by atoms with Crippen LogP contribution in [0, 0.1) is 24.7 Å². The summed E-state index contributed by atoms with van der Waals surface area (Å²) >= 11 is 0. The Morgan fingerprint density at radius 3 is 1.38 bits per heavy atom. The van der Waals surface area contributed by atoms with Gasteiger partial charge in [-0.2, -0.15) is 0 Å². The molecule has 6 heteroatoms. The number of hydrogen-bond acceptors (Lipinski definition) is 4. The molecule has 32 heavy (non-hydrogen) atoms. The minimum atomic E-state index is -0.164. The Labute approximate surface area is 188 Å². The molecule has 0 heterocycles. The summed E-state index contributed by atoms with van der Waals surface area (Å²) < 4.78 is 11.0. The second-order valence-electron chi connectivity index (χ2n) is 7.60. The average Bonchev–Trinajstić information content (AvgIpc) is 2.83. The Kier molecular flexibility index (Phi) is 8.17. The van der Waals surface area contributed by atoms with Crippen molar-refractivity contribution in [3.63, 3.8) is 0 Å². The Morgan fingerprint density at radius 2 is 1.06 bits per heavy atom. The normalized spacial score (nSPS) is 17.3. The van der Waals surface area contributed by atoms with E-state index < -0.39 is 0 Å². The minimum Gasteiger partial charge on any atom is -0.484 e. The van der Waals surface area contributed by atoms with Gasteiger partial charge < -0.3 is 20.1 Å². The van der Waals surface area contributed by atoms with Gasteiger partial charge in [-0.15, -0.1) is 12.8 Å². The van der Waals surface area contributed by atoms with Gasteiger partial charge in [0, 0.05) is 23.2 Å². The molecule has 1 aliphatic rings. The summed E-state index contributed by atoms with van der Waals surface area (Å²) in [6, 6.07) is 14.2. The molecule has 0 unspecified atom stereocenters. The highest BCUT2D eigenvalue weighted by molar-refractivity contribution is 5.78.